The molecule has 1 saturated carbocycles. The summed E-state index contributed by atoms with van der Waals surface area (Å²) < 4.78 is 71.8. The van der Waals surface area contributed by atoms with Crippen molar-refractivity contribution in [1.82, 2.24) is 19.3 Å². The molecule has 0 amide bonds. The van der Waals surface area contributed by atoms with E-state index in [0.717, 1.165) is 16.9 Å². The van der Waals surface area contributed by atoms with E-state index in [1.54, 1.807) is 20.0 Å². The van der Waals surface area contributed by atoms with E-state index in [4.69, 9.17) is 11.6 Å². The van der Waals surface area contributed by atoms with Gasteiger partial charge < -0.3 is 0 Å². The largest absolute Gasteiger partial charge is 0.277 e. The second kappa shape index (κ2) is 9.09. The molecule has 2 atom stereocenters. The van der Waals surface area contributed by atoms with Crippen molar-refractivity contribution in [2.24, 2.45) is 7.05 Å². The number of hydrogen-bond acceptors (Lipinski definition) is 5. The molecule has 1 fully saturated rings. The lowest BCUT2D eigenvalue weighted by molar-refractivity contribution is 0.569. The van der Waals surface area contributed by atoms with E-state index >= 15 is 8.78 Å². The topological polar surface area (TPSA) is 86.8 Å². The highest BCUT2D eigenvalue weighted by atomic mass is 35.5. The first-order valence-corrected chi connectivity index (χ1v) is 13.8. The van der Waals surface area contributed by atoms with E-state index in [1.165, 1.54) is 36.1 Å². The Hall–Kier alpha value is -3.44. The highest BCUT2D eigenvalue weighted by Gasteiger charge is 2.44. The van der Waals surface area contributed by atoms with Gasteiger partial charge in [-0.3, -0.25) is 19.0 Å². The minimum Gasteiger partial charge on any atom is -0.277 e. The molecule has 0 radical (unpaired) electrons. The predicted octanol–water partition coefficient (Wildman–Crippen LogP) is 5.00. The summed E-state index contributed by atoms with van der Waals surface area (Å²) in [4.78, 5) is 16.9. The number of nitrogens with zero attached hydrogens (tertiary/aromatic N) is 4. The number of sulfone groups is 1. The van der Waals surface area contributed by atoms with Crippen molar-refractivity contribution in [3.05, 3.63) is 92.0 Å². The zero-order valence-corrected chi connectivity index (χ0v) is 22.3. The van der Waals surface area contributed by atoms with Crippen molar-refractivity contribution in [3.8, 4) is 16.9 Å². The molecule has 4 aromatic rings. The smallest absolute Gasteiger partial charge is 0.274 e. The number of benzene rings is 1. The molecule has 5 rings (SSSR count). The molecule has 0 bridgehead atoms. The van der Waals surface area contributed by atoms with E-state index in [1.807, 2.05) is 0 Å². The van der Waals surface area contributed by atoms with Gasteiger partial charge in [0.1, 0.15) is 21.3 Å². The molecule has 38 heavy (non-hydrogen) atoms. The van der Waals surface area contributed by atoms with Crippen molar-refractivity contribution in [2.45, 2.75) is 37.0 Å². The SMILES string of the molecule is Cc1cnc(-c2cccc(S(C)(=O)=O)c2F)c(F)c1-n1c(C)cc([C@@H]2CC2c2nn(C)cc2F)c(Cl)c1=O. The van der Waals surface area contributed by atoms with E-state index in [0.29, 0.717) is 23.4 Å². The van der Waals surface area contributed by atoms with Gasteiger partial charge in [-0.1, -0.05) is 17.7 Å². The normalized spacial score (nSPS) is 17.2. The van der Waals surface area contributed by atoms with E-state index in [2.05, 4.69) is 10.1 Å². The first kappa shape index (κ1) is 26.2. The van der Waals surface area contributed by atoms with Crippen LogP contribution >= 0.6 is 11.6 Å². The molecule has 7 nitrogen and oxygen atoms in total. The fraction of sp³-hybridized carbons (Fsp3) is 0.269. The molecule has 1 aromatic carbocycles. The molecular weight excluding hydrogens is 541 g/mol. The number of aryl methyl sites for hydroxylation is 3. The van der Waals surface area contributed by atoms with Crippen LogP contribution in [0.25, 0.3) is 16.9 Å². The predicted molar refractivity (Wildman–Crippen MR) is 136 cm³/mol. The minimum atomic E-state index is -3.93. The van der Waals surface area contributed by atoms with Gasteiger partial charge in [0.05, 0.1) is 11.9 Å². The summed E-state index contributed by atoms with van der Waals surface area (Å²) in [6, 6.07) is 5.23. The lowest BCUT2D eigenvalue weighted by Gasteiger charge is -2.18. The van der Waals surface area contributed by atoms with Gasteiger partial charge in [0.25, 0.3) is 5.56 Å². The summed E-state index contributed by atoms with van der Waals surface area (Å²) in [5.74, 6) is -3.05. The van der Waals surface area contributed by atoms with Crippen LogP contribution in [0.1, 0.15) is 40.8 Å². The van der Waals surface area contributed by atoms with Gasteiger partial charge in [-0.2, -0.15) is 5.10 Å². The molecule has 1 aliphatic carbocycles. The Bertz CT molecular complexity index is 1800. The Labute approximate surface area is 221 Å². The molecule has 0 saturated heterocycles. The number of aromatic nitrogens is 4. The maximum Gasteiger partial charge on any atom is 0.274 e. The fourth-order valence-corrected chi connectivity index (χ4v) is 5.90. The van der Waals surface area contributed by atoms with Crippen molar-refractivity contribution < 1.29 is 21.6 Å². The zero-order valence-electron chi connectivity index (χ0n) is 20.8. The Balaban J connectivity index is 1.63. The first-order chi connectivity index (χ1) is 17.8. The lowest BCUT2D eigenvalue weighted by atomic mass is 10.1. The van der Waals surface area contributed by atoms with Crippen LogP contribution in [-0.4, -0.2) is 34.0 Å². The lowest BCUT2D eigenvalue weighted by Crippen LogP contribution is -2.24. The van der Waals surface area contributed by atoms with Crippen LogP contribution in [0.15, 0.2) is 46.3 Å². The third-order valence-electron chi connectivity index (χ3n) is 6.73. The summed E-state index contributed by atoms with van der Waals surface area (Å²) >= 11 is 6.49. The van der Waals surface area contributed by atoms with E-state index in [-0.39, 0.29) is 33.7 Å². The minimum absolute atomic E-state index is 0.137. The van der Waals surface area contributed by atoms with Crippen molar-refractivity contribution in [1.29, 1.82) is 0 Å². The summed E-state index contributed by atoms with van der Waals surface area (Å²) in [7, 11) is -2.31. The molecule has 1 aliphatic rings. The Kier molecular flexibility index (Phi) is 6.26. The number of halogens is 4. The van der Waals surface area contributed by atoms with Crippen LogP contribution in [-0.2, 0) is 16.9 Å². The highest BCUT2D eigenvalue weighted by Crippen LogP contribution is 2.56. The van der Waals surface area contributed by atoms with Crippen LogP contribution in [0.5, 0.6) is 0 Å². The van der Waals surface area contributed by atoms with Crippen LogP contribution in [0.4, 0.5) is 13.2 Å². The van der Waals surface area contributed by atoms with Gasteiger partial charge in [0.2, 0.25) is 0 Å². The fourth-order valence-electron chi connectivity index (χ4n) is 4.86. The molecule has 12 heteroatoms. The van der Waals surface area contributed by atoms with E-state index in [9.17, 15) is 17.6 Å². The summed E-state index contributed by atoms with van der Waals surface area (Å²) in [6.45, 7) is 3.14. The third-order valence-corrected chi connectivity index (χ3v) is 8.23. The second-order valence-corrected chi connectivity index (χ2v) is 11.9. The quantitative estimate of drug-likeness (QED) is 0.342. The van der Waals surface area contributed by atoms with Gasteiger partial charge >= 0.3 is 0 Å². The Morgan fingerprint density at radius 1 is 1.11 bits per heavy atom. The summed E-state index contributed by atoms with van der Waals surface area (Å²) in [6.07, 6.45) is 3.95. The van der Waals surface area contributed by atoms with Crippen LogP contribution in [0.3, 0.4) is 0 Å². The van der Waals surface area contributed by atoms with Crippen LogP contribution in [0, 0.1) is 31.3 Å². The van der Waals surface area contributed by atoms with Crippen molar-refractivity contribution >= 4 is 21.4 Å². The first-order valence-electron chi connectivity index (χ1n) is 11.6. The summed E-state index contributed by atoms with van der Waals surface area (Å²) in [5, 5.41) is 4.03. The maximum absolute atomic E-state index is 16.0. The molecule has 0 aliphatic heterocycles. The molecule has 1 unspecified atom stereocenters. The average Bonchev–Trinajstić information content (AvgIpc) is 3.54. The Morgan fingerprint density at radius 3 is 2.45 bits per heavy atom. The molecule has 3 heterocycles. The van der Waals surface area contributed by atoms with Crippen LogP contribution < -0.4 is 5.56 Å². The zero-order chi connectivity index (χ0) is 27.7. The number of pyridine rings is 2. The van der Waals surface area contributed by atoms with Crippen LogP contribution in [0.2, 0.25) is 5.02 Å². The monoisotopic (exact) mass is 562 g/mol. The highest BCUT2D eigenvalue weighted by molar-refractivity contribution is 7.90. The van der Waals surface area contributed by atoms with Crippen molar-refractivity contribution in [3.63, 3.8) is 0 Å². The average molecular weight is 563 g/mol. The summed E-state index contributed by atoms with van der Waals surface area (Å²) in [5.41, 5.74) is -0.247. The third kappa shape index (κ3) is 4.23. The van der Waals surface area contributed by atoms with Gasteiger partial charge in [0.15, 0.2) is 27.3 Å². The number of hydrogen-bond donors (Lipinski definition) is 0. The standard InChI is InChI=1S/C26H22ClF3N4O3S/c1-12-10-31-24(14-6-5-7-19(21(14)29)38(4,36)37)22(30)25(12)34-13(2)8-16(20(27)26(34)35)15-9-17(15)23-18(28)11-33(3)32-23/h5-8,10-11,15,17H,9H2,1-4H3/t15-,17?/m0/s1. The van der Waals surface area contributed by atoms with E-state index < -0.39 is 43.4 Å². The van der Waals surface area contributed by atoms with Crippen molar-refractivity contribution in [2.75, 3.05) is 6.26 Å². The van der Waals surface area contributed by atoms with Gasteiger partial charge in [-0.25, -0.2) is 21.6 Å². The molecule has 0 spiro atoms. The maximum atomic E-state index is 16.0. The van der Waals surface area contributed by atoms with Gasteiger partial charge in [-0.15, -0.1) is 0 Å². The van der Waals surface area contributed by atoms with Gasteiger partial charge in [-0.05, 0) is 55.5 Å². The Morgan fingerprint density at radius 2 is 1.82 bits per heavy atom. The molecular formula is C26H22ClF3N4O3S. The second-order valence-electron chi connectivity index (χ2n) is 9.52. The molecule has 0 N–H and O–H groups in total. The van der Waals surface area contributed by atoms with Gasteiger partial charge in [0, 0.05) is 36.7 Å². The molecule has 198 valence electrons. The molecule has 3 aromatic heterocycles. The number of rotatable bonds is 5.